The highest BCUT2D eigenvalue weighted by atomic mass is 32.2. The van der Waals surface area contributed by atoms with E-state index in [-0.39, 0.29) is 17.0 Å². The van der Waals surface area contributed by atoms with Gasteiger partial charge in [0.25, 0.3) is 0 Å². The molecular weight excluding hydrogens is 386 g/mol. The van der Waals surface area contributed by atoms with Crippen LogP contribution >= 0.6 is 0 Å². The number of hydrogen-bond acceptors (Lipinski definition) is 3. The van der Waals surface area contributed by atoms with E-state index in [9.17, 15) is 13.2 Å². The molecule has 0 saturated heterocycles. The lowest BCUT2D eigenvalue weighted by Crippen LogP contribution is -2.38. The van der Waals surface area contributed by atoms with E-state index in [1.165, 1.54) is 15.4 Å². The van der Waals surface area contributed by atoms with Gasteiger partial charge in [-0.15, -0.1) is 0 Å². The zero-order valence-electron chi connectivity index (χ0n) is 17.6. The van der Waals surface area contributed by atoms with E-state index < -0.39 is 10.0 Å². The van der Waals surface area contributed by atoms with Crippen LogP contribution in [0.1, 0.15) is 43.5 Å². The van der Waals surface area contributed by atoms with Crippen molar-refractivity contribution >= 4 is 16.1 Å². The fourth-order valence-electron chi connectivity index (χ4n) is 3.16. The maximum atomic E-state index is 12.6. The zero-order chi connectivity index (χ0) is 21.4. The molecule has 29 heavy (non-hydrogen) atoms. The van der Waals surface area contributed by atoms with Crippen LogP contribution in [0.25, 0.3) is 0 Å². The first-order chi connectivity index (χ1) is 13.8. The Hall–Kier alpha value is -2.38. The number of nitrogens with zero attached hydrogens (tertiary/aromatic N) is 1. The number of rotatable bonds is 9. The summed E-state index contributed by atoms with van der Waals surface area (Å²) in [4.78, 5) is 12.4. The van der Waals surface area contributed by atoms with Crippen molar-refractivity contribution in [3.8, 4) is 0 Å². The second kappa shape index (κ2) is 10.4. The molecule has 0 bridgehead atoms. The van der Waals surface area contributed by atoms with Crippen LogP contribution < -0.4 is 10.6 Å². The van der Waals surface area contributed by atoms with Crippen LogP contribution in [-0.2, 0) is 16.4 Å². The van der Waals surface area contributed by atoms with Crippen LogP contribution in [-0.4, -0.2) is 38.4 Å². The Bertz CT molecular complexity index is 907. The summed E-state index contributed by atoms with van der Waals surface area (Å²) < 4.78 is 26.5. The summed E-state index contributed by atoms with van der Waals surface area (Å²) in [6.07, 6.45) is 0.765. The molecule has 0 spiro atoms. The van der Waals surface area contributed by atoms with Crippen LogP contribution in [0.2, 0.25) is 0 Å². The van der Waals surface area contributed by atoms with Gasteiger partial charge in [-0.1, -0.05) is 55.8 Å². The van der Waals surface area contributed by atoms with Crippen LogP contribution in [0.4, 0.5) is 4.79 Å². The van der Waals surface area contributed by atoms with Gasteiger partial charge in [-0.05, 0) is 43.5 Å². The van der Waals surface area contributed by atoms with Gasteiger partial charge in [0.1, 0.15) is 0 Å². The van der Waals surface area contributed by atoms with Crippen molar-refractivity contribution < 1.29 is 13.2 Å². The summed E-state index contributed by atoms with van der Waals surface area (Å²) in [7, 11) is -3.47. The highest BCUT2D eigenvalue weighted by molar-refractivity contribution is 7.89. The van der Waals surface area contributed by atoms with E-state index in [1.807, 2.05) is 45.9 Å². The minimum absolute atomic E-state index is 0.237. The smallest absolute Gasteiger partial charge is 0.315 e. The largest absolute Gasteiger partial charge is 0.338 e. The molecule has 2 N–H and O–H groups in total. The lowest BCUT2D eigenvalue weighted by molar-refractivity contribution is 0.238. The summed E-state index contributed by atoms with van der Waals surface area (Å²) in [5.41, 5.74) is 3.23. The third kappa shape index (κ3) is 6.30. The van der Waals surface area contributed by atoms with Crippen molar-refractivity contribution in [3.05, 3.63) is 65.2 Å². The molecule has 0 saturated carbocycles. The standard InChI is InChI=1S/C22H31N3O3S/c1-5-25(6-2)29(27,28)21-12-10-20(11-13-21)18(4)24-22(26)23-15-14-19-9-7-8-17(3)16-19/h7-13,16,18H,5-6,14-15H2,1-4H3,(H2,23,24,26). The highest BCUT2D eigenvalue weighted by Crippen LogP contribution is 2.19. The van der Waals surface area contributed by atoms with Crippen LogP contribution in [0.15, 0.2) is 53.4 Å². The predicted octanol–water partition coefficient (Wildman–Crippen LogP) is 3.63. The van der Waals surface area contributed by atoms with Crippen molar-refractivity contribution in [2.24, 2.45) is 0 Å². The molecule has 0 aromatic heterocycles. The van der Waals surface area contributed by atoms with E-state index in [1.54, 1.807) is 24.3 Å². The molecule has 158 valence electrons. The second-order valence-corrected chi connectivity index (χ2v) is 8.96. The van der Waals surface area contributed by atoms with Gasteiger partial charge in [0, 0.05) is 19.6 Å². The number of carbonyl (C=O) groups excluding carboxylic acids is 1. The normalized spacial score (nSPS) is 12.6. The zero-order valence-corrected chi connectivity index (χ0v) is 18.4. The SMILES string of the molecule is CCN(CC)S(=O)(=O)c1ccc(C(C)NC(=O)NCCc2cccc(C)c2)cc1. The Morgan fingerprint density at radius 3 is 2.31 bits per heavy atom. The number of amides is 2. The molecule has 2 rings (SSSR count). The lowest BCUT2D eigenvalue weighted by Gasteiger charge is -2.19. The predicted molar refractivity (Wildman–Crippen MR) is 116 cm³/mol. The molecule has 0 aliphatic carbocycles. The summed E-state index contributed by atoms with van der Waals surface area (Å²) in [6, 6.07) is 14.4. The van der Waals surface area contributed by atoms with Crippen LogP contribution in [0.5, 0.6) is 0 Å². The third-order valence-corrected chi connectivity index (χ3v) is 6.92. The maximum absolute atomic E-state index is 12.6. The summed E-state index contributed by atoms with van der Waals surface area (Å²) in [6.45, 7) is 8.96. The Labute approximate surface area is 174 Å². The minimum atomic E-state index is -3.47. The lowest BCUT2D eigenvalue weighted by atomic mass is 10.1. The molecule has 0 aliphatic heterocycles. The molecular formula is C22H31N3O3S. The number of carbonyl (C=O) groups is 1. The molecule has 1 unspecified atom stereocenters. The van der Waals surface area contributed by atoms with Crippen molar-refractivity contribution in [2.75, 3.05) is 19.6 Å². The fourth-order valence-corrected chi connectivity index (χ4v) is 4.62. The molecule has 2 aromatic rings. The number of aryl methyl sites for hydroxylation is 1. The van der Waals surface area contributed by atoms with Gasteiger partial charge in [-0.2, -0.15) is 4.31 Å². The van der Waals surface area contributed by atoms with E-state index in [0.717, 1.165) is 12.0 Å². The van der Waals surface area contributed by atoms with E-state index in [4.69, 9.17) is 0 Å². The fraction of sp³-hybridized carbons (Fsp3) is 0.409. The Morgan fingerprint density at radius 2 is 1.72 bits per heavy atom. The van der Waals surface area contributed by atoms with Crippen molar-refractivity contribution in [1.82, 2.24) is 14.9 Å². The molecule has 2 amide bonds. The first-order valence-corrected chi connectivity index (χ1v) is 11.4. The van der Waals surface area contributed by atoms with Gasteiger partial charge in [0.2, 0.25) is 10.0 Å². The maximum Gasteiger partial charge on any atom is 0.315 e. The van der Waals surface area contributed by atoms with Gasteiger partial charge in [0.05, 0.1) is 10.9 Å². The monoisotopic (exact) mass is 417 g/mol. The average molecular weight is 418 g/mol. The number of sulfonamides is 1. The Morgan fingerprint density at radius 1 is 1.07 bits per heavy atom. The van der Waals surface area contributed by atoms with Gasteiger partial charge >= 0.3 is 6.03 Å². The molecule has 7 heteroatoms. The number of urea groups is 1. The van der Waals surface area contributed by atoms with Crippen LogP contribution in [0, 0.1) is 6.92 Å². The summed E-state index contributed by atoms with van der Waals surface area (Å²) in [5.74, 6) is 0. The number of nitrogens with one attached hydrogen (secondary N) is 2. The number of benzene rings is 2. The van der Waals surface area contributed by atoms with Crippen LogP contribution in [0.3, 0.4) is 0 Å². The molecule has 1 atom stereocenters. The molecule has 0 aliphatic rings. The van der Waals surface area contributed by atoms with Crippen molar-refractivity contribution in [2.45, 2.75) is 45.1 Å². The van der Waals surface area contributed by atoms with Gasteiger partial charge < -0.3 is 10.6 Å². The molecule has 0 fully saturated rings. The summed E-state index contributed by atoms with van der Waals surface area (Å²) in [5, 5.41) is 5.75. The van der Waals surface area contributed by atoms with Gasteiger partial charge in [-0.3, -0.25) is 0 Å². The van der Waals surface area contributed by atoms with E-state index >= 15 is 0 Å². The first-order valence-electron chi connectivity index (χ1n) is 9.98. The minimum Gasteiger partial charge on any atom is -0.338 e. The van der Waals surface area contributed by atoms with Crippen molar-refractivity contribution in [1.29, 1.82) is 0 Å². The summed E-state index contributed by atoms with van der Waals surface area (Å²) >= 11 is 0. The van der Waals surface area contributed by atoms with Gasteiger partial charge in [0.15, 0.2) is 0 Å². The Balaban J connectivity index is 1.90. The van der Waals surface area contributed by atoms with E-state index in [0.29, 0.717) is 19.6 Å². The second-order valence-electron chi connectivity index (χ2n) is 7.02. The molecule has 2 aromatic carbocycles. The molecule has 6 nitrogen and oxygen atoms in total. The first kappa shape index (κ1) is 22.9. The third-order valence-electron chi connectivity index (χ3n) is 4.85. The highest BCUT2D eigenvalue weighted by Gasteiger charge is 2.21. The molecule has 0 radical (unpaired) electrons. The number of hydrogen-bond donors (Lipinski definition) is 2. The van der Waals surface area contributed by atoms with Crippen molar-refractivity contribution in [3.63, 3.8) is 0 Å². The topological polar surface area (TPSA) is 78.5 Å². The molecule has 0 heterocycles. The quantitative estimate of drug-likeness (QED) is 0.654. The average Bonchev–Trinajstić information content (AvgIpc) is 2.69. The Kier molecular flexibility index (Phi) is 8.22. The van der Waals surface area contributed by atoms with Gasteiger partial charge in [-0.25, -0.2) is 13.2 Å². The van der Waals surface area contributed by atoms with E-state index in [2.05, 4.69) is 16.7 Å².